The molecule has 24 heavy (non-hydrogen) atoms. The first-order chi connectivity index (χ1) is 11.7. The lowest BCUT2D eigenvalue weighted by Crippen LogP contribution is -2.15. The molecule has 122 valence electrons. The Hall–Kier alpha value is -2.40. The molecule has 3 aromatic rings. The third-order valence-corrected chi connectivity index (χ3v) is 5.52. The van der Waals surface area contributed by atoms with Crippen LogP contribution in [0.2, 0.25) is 0 Å². The molecule has 1 aromatic carbocycles. The van der Waals surface area contributed by atoms with Gasteiger partial charge in [0.15, 0.2) is 0 Å². The number of rotatable bonds is 4. The predicted molar refractivity (Wildman–Crippen MR) is 97.9 cm³/mol. The highest BCUT2D eigenvalue weighted by atomic mass is 32.1. The number of hydrogen-bond donors (Lipinski definition) is 2. The molecule has 1 fully saturated rings. The summed E-state index contributed by atoms with van der Waals surface area (Å²) in [4.78, 5) is 17.1. The van der Waals surface area contributed by atoms with Crippen molar-refractivity contribution in [2.45, 2.75) is 31.7 Å². The molecule has 0 amide bonds. The van der Waals surface area contributed by atoms with E-state index in [0.29, 0.717) is 11.6 Å². The van der Waals surface area contributed by atoms with Crippen LogP contribution in [0.3, 0.4) is 0 Å². The normalized spacial score (nSPS) is 15.0. The zero-order valence-electron chi connectivity index (χ0n) is 13.2. The fourth-order valence-corrected chi connectivity index (χ4v) is 4.13. The Morgan fingerprint density at radius 2 is 2.04 bits per heavy atom. The molecule has 0 bridgehead atoms. The molecule has 0 atom stereocenters. The van der Waals surface area contributed by atoms with Gasteiger partial charge >= 0.3 is 5.97 Å². The number of carbonyl (C=O) groups is 1. The van der Waals surface area contributed by atoms with Gasteiger partial charge in [0.25, 0.3) is 0 Å². The molecule has 1 aliphatic carbocycles. The van der Waals surface area contributed by atoms with Crippen LogP contribution in [-0.2, 0) is 0 Å². The summed E-state index contributed by atoms with van der Waals surface area (Å²) in [5.41, 5.74) is 1.29. The van der Waals surface area contributed by atoms with E-state index in [1.54, 1.807) is 23.5 Å². The third-order valence-electron chi connectivity index (χ3n) is 4.62. The van der Waals surface area contributed by atoms with Gasteiger partial charge in [0.2, 0.25) is 0 Å². The Morgan fingerprint density at radius 1 is 1.21 bits per heavy atom. The summed E-state index contributed by atoms with van der Waals surface area (Å²) < 4.78 is 0. The average Bonchev–Trinajstić information content (AvgIpc) is 3.28. The number of pyridine rings is 1. The Labute approximate surface area is 144 Å². The van der Waals surface area contributed by atoms with Crippen LogP contribution in [0.5, 0.6) is 0 Å². The second kappa shape index (κ2) is 6.24. The fraction of sp³-hybridized carbons (Fsp3) is 0.263. The maximum absolute atomic E-state index is 11.4. The van der Waals surface area contributed by atoms with Gasteiger partial charge in [-0.2, -0.15) is 0 Å². The number of benzene rings is 1. The van der Waals surface area contributed by atoms with Crippen LogP contribution in [0, 0.1) is 0 Å². The highest BCUT2D eigenvalue weighted by Crippen LogP contribution is 2.35. The molecule has 0 saturated heterocycles. The molecule has 2 heterocycles. The number of aromatic nitrogens is 1. The van der Waals surface area contributed by atoms with E-state index in [9.17, 15) is 9.90 Å². The largest absolute Gasteiger partial charge is 0.478 e. The minimum Gasteiger partial charge on any atom is -0.478 e. The number of nitrogens with one attached hydrogen (secondary N) is 1. The van der Waals surface area contributed by atoms with Crippen LogP contribution in [-0.4, -0.2) is 22.1 Å². The van der Waals surface area contributed by atoms with E-state index < -0.39 is 5.97 Å². The third kappa shape index (κ3) is 2.76. The number of nitrogens with zero attached hydrogens (tertiary/aromatic N) is 1. The van der Waals surface area contributed by atoms with Crippen LogP contribution in [0.1, 0.15) is 36.0 Å². The molecule has 5 heteroatoms. The van der Waals surface area contributed by atoms with E-state index in [1.807, 2.05) is 29.8 Å². The Morgan fingerprint density at radius 3 is 2.75 bits per heavy atom. The summed E-state index contributed by atoms with van der Waals surface area (Å²) in [5.74, 6) is -0.0507. The summed E-state index contributed by atoms with van der Waals surface area (Å²) in [5, 5.41) is 16.8. The van der Waals surface area contributed by atoms with Gasteiger partial charge in [-0.25, -0.2) is 9.78 Å². The Balaban J connectivity index is 1.87. The summed E-state index contributed by atoms with van der Waals surface area (Å²) >= 11 is 1.64. The van der Waals surface area contributed by atoms with E-state index in [-0.39, 0.29) is 0 Å². The maximum atomic E-state index is 11.4. The molecule has 2 aromatic heterocycles. The van der Waals surface area contributed by atoms with Crippen molar-refractivity contribution in [2.75, 3.05) is 5.32 Å². The van der Waals surface area contributed by atoms with Crippen molar-refractivity contribution in [3.8, 4) is 10.4 Å². The molecule has 4 rings (SSSR count). The van der Waals surface area contributed by atoms with Crippen molar-refractivity contribution in [3.63, 3.8) is 0 Å². The van der Waals surface area contributed by atoms with Gasteiger partial charge in [-0.15, -0.1) is 11.3 Å². The van der Waals surface area contributed by atoms with Gasteiger partial charge in [0.1, 0.15) is 5.82 Å². The van der Waals surface area contributed by atoms with E-state index in [0.717, 1.165) is 27.0 Å². The lowest BCUT2D eigenvalue weighted by Gasteiger charge is -2.16. The van der Waals surface area contributed by atoms with Crippen LogP contribution in [0.4, 0.5) is 5.82 Å². The van der Waals surface area contributed by atoms with Crippen LogP contribution in [0.25, 0.3) is 21.2 Å². The van der Waals surface area contributed by atoms with Crippen LogP contribution >= 0.6 is 11.3 Å². The average molecular weight is 338 g/mol. The van der Waals surface area contributed by atoms with Crippen LogP contribution in [0.15, 0.2) is 41.9 Å². The lowest BCUT2D eigenvalue weighted by molar-refractivity contribution is 0.0697. The molecular weight excluding hydrogens is 320 g/mol. The monoisotopic (exact) mass is 338 g/mol. The SMILES string of the molecule is O=C(O)c1ccc2c(NC3CCCC3)ncc(-c3cccs3)c2c1. The van der Waals surface area contributed by atoms with Gasteiger partial charge in [-0.3, -0.25) is 0 Å². The number of fused-ring (bicyclic) bond motifs is 1. The van der Waals surface area contributed by atoms with Crippen molar-refractivity contribution in [1.29, 1.82) is 0 Å². The number of carboxylic acid groups (broad SMARTS) is 1. The second-order valence-electron chi connectivity index (χ2n) is 6.19. The zero-order chi connectivity index (χ0) is 16.5. The van der Waals surface area contributed by atoms with E-state index >= 15 is 0 Å². The van der Waals surface area contributed by atoms with E-state index in [1.165, 1.54) is 25.7 Å². The maximum Gasteiger partial charge on any atom is 0.335 e. The first-order valence-electron chi connectivity index (χ1n) is 8.19. The Kier molecular flexibility index (Phi) is 3.94. The first-order valence-corrected chi connectivity index (χ1v) is 9.07. The smallest absolute Gasteiger partial charge is 0.335 e. The molecule has 1 saturated carbocycles. The number of thiophene rings is 1. The lowest BCUT2D eigenvalue weighted by atomic mass is 10.0. The topological polar surface area (TPSA) is 62.2 Å². The summed E-state index contributed by atoms with van der Waals surface area (Å²) in [6.45, 7) is 0. The zero-order valence-corrected chi connectivity index (χ0v) is 14.0. The van der Waals surface area contributed by atoms with Crippen molar-refractivity contribution >= 4 is 33.9 Å². The molecule has 4 nitrogen and oxygen atoms in total. The fourth-order valence-electron chi connectivity index (χ4n) is 3.38. The molecule has 2 N–H and O–H groups in total. The van der Waals surface area contributed by atoms with Gasteiger partial charge in [0, 0.05) is 28.1 Å². The highest BCUT2D eigenvalue weighted by Gasteiger charge is 2.18. The second-order valence-corrected chi connectivity index (χ2v) is 7.14. The minimum atomic E-state index is -0.906. The molecule has 0 radical (unpaired) electrons. The van der Waals surface area contributed by atoms with Crippen molar-refractivity contribution in [2.24, 2.45) is 0 Å². The van der Waals surface area contributed by atoms with Crippen LogP contribution < -0.4 is 5.32 Å². The Bertz CT molecular complexity index is 884. The van der Waals surface area contributed by atoms with Crippen molar-refractivity contribution in [3.05, 3.63) is 47.5 Å². The minimum absolute atomic E-state index is 0.304. The number of aromatic carboxylic acids is 1. The van der Waals surface area contributed by atoms with E-state index in [4.69, 9.17) is 0 Å². The molecule has 0 aliphatic heterocycles. The van der Waals surface area contributed by atoms with Gasteiger partial charge < -0.3 is 10.4 Å². The predicted octanol–water partition coefficient (Wildman–Crippen LogP) is 5.02. The summed E-state index contributed by atoms with van der Waals surface area (Å²) in [6.07, 6.45) is 6.71. The van der Waals surface area contributed by atoms with Crippen molar-refractivity contribution in [1.82, 2.24) is 4.98 Å². The quantitative estimate of drug-likeness (QED) is 0.701. The molecule has 0 spiro atoms. The first kappa shape index (κ1) is 15.1. The van der Waals surface area contributed by atoms with E-state index in [2.05, 4.69) is 10.3 Å². The van der Waals surface area contributed by atoms with Gasteiger partial charge in [0.05, 0.1) is 5.56 Å². The summed E-state index contributed by atoms with van der Waals surface area (Å²) in [7, 11) is 0. The number of hydrogen-bond acceptors (Lipinski definition) is 4. The van der Waals surface area contributed by atoms with Crippen molar-refractivity contribution < 1.29 is 9.90 Å². The van der Waals surface area contributed by atoms with Gasteiger partial charge in [-0.05, 0) is 47.9 Å². The number of carboxylic acids is 1. The molecular formula is C19H18N2O2S. The highest BCUT2D eigenvalue weighted by molar-refractivity contribution is 7.13. The number of anilines is 1. The standard InChI is InChI=1S/C19H18N2O2S/c22-19(23)12-7-8-14-15(10-12)16(17-6-3-9-24-17)11-20-18(14)21-13-4-1-2-5-13/h3,6-11,13H,1-2,4-5H2,(H,20,21)(H,22,23). The molecule has 1 aliphatic rings. The molecule has 0 unspecified atom stereocenters. The summed E-state index contributed by atoms with van der Waals surface area (Å²) in [6, 6.07) is 9.79. The van der Waals surface area contributed by atoms with Gasteiger partial charge in [-0.1, -0.05) is 18.9 Å².